The van der Waals surface area contributed by atoms with Crippen molar-refractivity contribution in [1.82, 2.24) is 20.7 Å². The van der Waals surface area contributed by atoms with Gasteiger partial charge in [0.2, 0.25) is 0 Å². The molecule has 146 valence electrons. The summed E-state index contributed by atoms with van der Waals surface area (Å²) in [4.78, 5) is 42.3. The molecule has 0 radical (unpaired) electrons. The molecular formula is C21H18N4O4. The first kappa shape index (κ1) is 18.4. The molecule has 2 N–H and O–H groups in total. The first-order valence-corrected chi connectivity index (χ1v) is 8.90. The van der Waals surface area contributed by atoms with E-state index in [4.69, 9.17) is 4.74 Å². The molecule has 8 nitrogen and oxygen atoms in total. The monoisotopic (exact) mass is 390 g/mol. The first-order chi connectivity index (χ1) is 13.9. The lowest BCUT2D eigenvalue weighted by Crippen LogP contribution is -2.48. The number of nitrogens with one attached hydrogen (secondary N) is 2. The molecule has 4 amide bonds. The first-order valence-electron chi connectivity index (χ1n) is 8.90. The maximum absolute atomic E-state index is 13.0. The fourth-order valence-electron chi connectivity index (χ4n) is 3.22. The minimum Gasteiger partial charge on any atom is -0.497 e. The van der Waals surface area contributed by atoms with Crippen LogP contribution in [0.4, 0.5) is 4.79 Å². The Morgan fingerprint density at radius 2 is 1.90 bits per heavy atom. The number of fused-ring (bicyclic) bond motifs is 1. The molecule has 1 aliphatic rings. The second-order valence-electron chi connectivity index (χ2n) is 6.76. The highest BCUT2D eigenvalue weighted by molar-refractivity contribution is 6.09. The zero-order valence-corrected chi connectivity index (χ0v) is 15.8. The van der Waals surface area contributed by atoms with Crippen molar-refractivity contribution in [2.24, 2.45) is 0 Å². The molecule has 0 spiro atoms. The molecule has 4 rings (SSSR count). The summed E-state index contributed by atoms with van der Waals surface area (Å²) in [7, 11) is 1.51. The predicted octanol–water partition coefficient (Wildman–Crippen LogP) is 2.36. The van der Waals surface area contributed by atoms with Crippen LogP contribution in [0, 0.1) is 0 Å². The molecule has 0 aliphatic carbocycles. The molecule has 2 heterocycles. The number of hydrogen-bond acceptors (Lipinski definition) is 5. The topological polar surface area (TPSA) is 101 Å². The second-order valence-corrected chi connectivity index (χ2v) is 6.76. The zero-order valence-electron chi connectivity index (χ0n) is 15.8. The van der Waals surface area contributed by atoms with Gasteiger partial charge in [-0.25, -0.2) is 9.78 Å². The Kier molecular flexibility index (Phi) is 4.38. The molecule has 3 aromatic rings. The molecule has 1 atom stereocenters. The molecule has 0 unspecified atom stereocenters. The molecular weight excluding hydrogens is 372 g/mol. The van der Waals surface area contributed by atoms with Crippen LogP contribution in [0.2, 0.25) is 0 Å². The SMILES string of the molecule is COc1cccc([C@@]2(C)NC(=O)N(NC(=O)c3ccc4ccccc4n3)C2=O)c1. The Hall–Kier alpha value is -3.94. The van der Waals surface area contributed by atoms with Gasteiger partial charge in [0, 0.05) is 5.39 Å². The van der Waals surface area contributed by atoms with E-state index in [1.54, 1.807) is 43.3 Å². The number of para-hydroxylation sites is 1. The van der Waals surface area contributed by atoms with E-state index in [0.29, 0.717) is 21.8 Å². The number of hydrogen-bond donors (Lipinski definition) is 2. The molecule has 0 saturated carbocycles. The van der Waals surface area contributed by atoms with Gasteiger partial charge in [0.25, 0.3) is 11.8 Å². The van der Waals surface area contributed by atoms with Crippen LogP contribution in [0.25, 0.3) is 10.9 Å². The van der Waals surface area contributed by atoms with Crippen molar-refractivity contribution in [1.29, 1.82) is 0 Å². The minimum atomic E-state index is -1.34. The number of aromatic nitrogens is 1. The van der Waals surface area contributed by atoms with Gasteiger partial charge in [0.15, 0.2) is 0 Å². The largest absolute Gasteiger partial charge is 0.497 e. The van der Waals surface area contributed by atoms with E-state index in [0.717, 1.165) is 5.39 Å². The number of rotatable bonds is 4. The van der Waals surface area contributed by atoms with Crippen LogP contribution in [0.1, 0.15) is 23.0 Å². The van der Waals surface area contributed by atoms with Gasteiger partial charge in [-0.3, -0.25) is 15.0 Å². The van der Waals surface area contributed by atoms with Crippen LogP contribution in [0.3, 0.4) is 0 Å². The Labute approximate surface area is 166 Å². The van der Waals surface area contributed by atoms with E-state index in [2.05, 4.69) is 15.7 Å². The maximum atomic E-state index is 13.0. The molecule has 1 aromatic heterocycles. The van der Waals surface area contributed by atoms with Gasteiger partial charge >= 0.3 is 6.03 Å². The minimum absolute atomic E-state index is 0.0966. The van der Waals surface area contributed by atoms with Gasteiger partial charge < -0.3 is 10.1 Å². The number of urea groups is 1. The average Bonchev–Trinajstić information content (AvgIpc) is 2.97. The summed E-state index contributed by atoms with van der Waals surface area (Å²) in [6.07, 6.45) is 0. The fourth-order valence-corrected chi connectivity index (χ4v) is 3.22. The highest BCUT2D eigenvalue weighted by Crippen LogP contribution is 2.30. The number of benzene rings is 2. The van der Waals surface area contributed by atoms with Crippen molar-refractivity contribution in [3.8, 4) is 5.75 Å². The summed E-state index contributed by atoms with van der Waals surface area (Å²) in [5, 5.41) is 4.19. The average molecular weight is 390 g/mol. The quantitative estimate of drug-likeness (QED) is 0.666. The third-order valence-corrected chi connectivity index (χ3v) is 4.88. The number of hydrazine groups is 1. The number of amides is 4. The van der Waals surface area contributed by atoms with Crippen molar-refractivity contribution in [3.05, 3.63) is 71.9 Å². The molecule has 1 aliphatic heterocycles. The number of carbonyl (C=O) groups excluding carboxylic acids is 3. The highest BCUT2D eigenvalue weighted by Gasteiger charge is 2.50. The normalized spacial score (nSPS) is 18.6. The van der Waals surface area contributed by atoms with Crippen LogP contribution >= 0.6 is 0 Å². The van der Waals surface area contributed by atoms with Crippen molar-refractivity contribution in [3.63, 3.8) is 0 Å². The fraction of sp³-hybridized carbons (Fsp3) is 0.143. The van der Waals surface area contributed by atoms with E-state index in [9.17, 15) is 14.4 Å². The molecule has 1 fully saturated rings. The van der Waals surface area contributed by atoms with Crippen LogP contribution in [0.15, 0.2) is 60.7 Å². The van der Waals surface area contributed by atoms with E-state index < -0.39 is 23.4 Å². The van der Waals surface area contributed by atoms with E-state index in [1.165, 1.54) is 13.2 Å². The van der Waals surface area contributed by atoms with Crippen LogP contribution in [-0.4, -0.2) is 34.9 Å². The third kappa shape index (κ3) is 3.14. The number of nitrogens with zero attached hydrogens (tertiary/aromatic N) is 2. The van der Waals surface area contributed by atoms with Gasteiger partial charge in [0.05, 0.1) is 12.6 Å². The van der Waals surface area contributed by atoms with Crippen LogP contribution in [-0.2, 0) is 10.3 Å². The molecule has 8 heteroatoms. The summed E-state index contributed by atoms with van der Waals surface area (Å²) >= 11 is 0. The number of pyridine rings is 1. The summed E-state index contributed by atoms with van der Waals surface area (Å²) in [5.74, 6) is -0.715. The number of ether oxygens (including phenoxy) is 1. The van der Waals surface area contributed by atoms with Crippen LogP contribution in [0.5, 0.6) is 5.75 Å². The van der Waals surface area contributed by atoms with Gasteiger partial charge in [-0.05, 0) is 36.8 Å². The summed E-state index contributed by atoms with van der Waals surface area (Å²) in [5.41, 5.74) is 2.29. The van der Waals surface area contributed by atoms with E-state index >= 15 is 0 Å². The van der Waals surface area contributed by atoms with Crippen molar-refractivity contribution in [2.75, 3.05) is 7.11 Å². The van der Waals surface area contributed by atoms with Crippen molar-refractivity contribution >= 4 is 28.7 Å². The molecule has 1 saturated heterocycles. The van der Waals surface area contributed by atoms with Gasteiger partial charge in [-0.1, -0.05) is 36.4 Å². The Morgan fingerprint density at radius 1 is 1.10 bits per heavy atom. The number of methoxy groups -OCH3 is 1. The lowest BCUT2D eigenvalue weighted by Gasteiger charge is -2.22. The third-order valence-electron chi connectivity index (χ3n) is 4.88. The Balaban J connectivity index is 1.59. The number of carbonyl (C=O) groups is 3. The summed E-state index contributed by atoms with van der Waals surface area (Å²) in [6, 6.07) is 16.7. The lowest BCUT2D eigenvalue weighted by molar-refractivity contribution is -0.132. The second kappa shape index (κ2) is 6.90. The van der Waals surface area contributed by atoms with Crippen molar-refractivity contribution in [2.45, 2.75) is 12.5 Å². The van der Waals surface area contributed by atoms with E-state index in [1.807, 2.05) is 18.2 Å². The Morgan fingerprint density at radius 3 is 2.69 bits per heavy atom. The van der Waals surface area contributed by atoms with Gasteiger partial charge in [-0.2, -0.15) is 5.01 Å². The molecule has 0 bridgehead atoms. The Bertz CT molecular complexity index is 1150. The van der Waals surface area contributed by atoms with Gasteiger partial charge in [-0.15, -0.1) is 0 Å². The predicted molar refractivity (Wildman–Crippen MR) is 105 cm³/mol. The summed E-state index contributed by atoms with van der Waals surface area (Å²) in [6.45, 7) is 1.57. The lowest BCUT2D eigenvalue weighted by atomic mass is 9.92. The summed E-state index contributed by atoms with van der Waals surface area (Å²) < 4.78 is 5.19. The molecule has 29 heavy (non-hydrogen) atoms. The zero-order chi connectivity index (χ0) is 20.6. The number of imide groups is 1. The smallest absolute Gasteiger partial charge is 0.344 e. The van der Waals surface area contributed by atoms with Crippen LogP contribution < -0.4 is 15.5 Å². The van der Waals surface area contributed by atoms with Crippen molar-refractivity contribution < 1.29 is 19.1 Å². The standard InChI is InChI=1S/C21H18N4O4/c1-21(14-7-5-8-15(12-14)29-2)19(27)25(20(28)23-21)24-18(26)17-11-10-13-6-3-4-9-16(13)22-17/h3-12H,1-2H3,(H,23,28)(H,24,26)/t21-/m1/s1. The van der Waals surface area contributed by atoms with Gasteiger partial charge in [0.1, 0.15) is 17.0 Å². The van der Waals surface area contributed by atoms with E-state index in [-0.39, 0.29) is 5.69 Å². The highest BCUT2D eigenvalue weighted by atomic mass is 16.5. The molecule has 2 aromatic carbocycles. The maximum Gasteiger partial charge on any atom is 0.344 e.